The summed E-state index contributed by atoms with van der Waals surface area (Å²) in [6, 6.07) is 23.9. The van der Waals surface area contributed by atoms with Gasteiger partial charge in [0, 0.05) is 18.8 Å². The minimum Gasteiger partial charge on any atom is -0.312 e. The van der Waals surface area contributed by atoms with E-state index in [9.17, 15) is 4.79 Å². The Kier molecular flexibility index (Phi) is 4.01. The highest BCUT2D eigenvalue weighted by Gasteiger charge is 2.06. The molecular weight excluding hydrogens is 270 g/mol. The van der Waals surface area contributed by atoms with Crippen molar-refractivity contribution < 1.29 is 4.79 Å². The largest absolute Gasteiger partial charge is 0.312 e. The molecule has 0 saturated heterocycles. The molecule has 0 aromatic heterocycles. The van der Waals surface area contributed by atoms with Crippen LogP contribution in [0, 0.1) is 0 Å². The van der Waals surface area contributed by atoms with Crippen LogP contribution in [0.25, 0.3) is 16.8 Å². The maximum Gasteiger partial charge on any atom is 0.250 e. The van der Waals surface area contributed by atoms with E-state index in [1.54, 1.807) is 18.0 Å². The smallest absolute Gasteiger partial charge is 0.250 e. The van der Waals surface area contributed by atoms with Gasteiger partial charge >= 0.3 is 0 Å². The molecule has 0 aliphatic carbocycles. The lowest BCUT2D eigenvalue weighted by atomic mass is 10.0. The number of hydrogen-bond donors (Lipinski definition) is 0. The Morgan fingerprint density at radius 3 is 2.36 bits per heavy atom. The molecule has 0 N–H and O–H groups in total. The van der Waals surface area contributed by atoms with Gasteiger partial charge in [-0.15, -0.1) is 0 Å². The SMILES string of the molecule is CN(C(=O)/C=C\c1cccc2ccccc12)c1ccccc1. The zero-order valence-corrected chi connectivity index (χ0v) is 12.4. The van der Waals surface area contributed by atoms with Gasteiger partial charge in [-0.1, -0.05) is 60.7 Å². The van der Waals surface area contributed by atoms with Gasteiger partial charge in [0.25, 0.3) is 5.91 Å². The molecule has 108 valence electrons. The van der Waals surface area contributed by atoms with Crippen LogP contribution in [0.1, 0.15) is 5.56 Å². The summed E-state index contributed by atoms with van der Waals surface area (Å²) in [4.78, 5) is 13.9. The molecule has 0 aliphatic heterocycles. The summed E-state index contributed by atoms with van der Waals surface area (Å²) in [6.45, 7) is 0. The van der Waals surface area contributed by atoms with Gasteiger partial charge in [-0.05, 0) is 34.5 Å². The summed E-state index contributed by atoms with van der Waals surface area (Å²) < 4.78 is 0. The number of nitrogens with zero attached hydrogens (tertiary/aromatic N) is 1. The maximum absolute atomic E-state index is 12.3. The molecule has 0 aliphatic rings. The first kappa shape index (κ1) is 14.1. The van der Waals surface area contributed by atoms with Crippen LogP contribution < -0.4 is 4.90 Å². The van der Waals surface area contributed by atoms with Crippen molar-refractivity contribution in [1.29, 1.82) is 0 Å². The second-order valence-electron chi connectivity index (χ2n) is 5.13. The van der Waals surface area contributed by atoms with Crippen LogP contribution in [-0.2, 0) is 4.79 Å². The van der Waals surface area contributed by atoms with Crippen LogP contribution >= 0.6 is 0 Å². The molecule has 2 nitrogen and oxygen atoms in total. The number of carbonyl (C=O) groups excluding carboxylic acids is 1. The third-order valence-electron chi connectivity index (χ3n) is 3.70. The van der Waals surface area contributed by atoms with E-state index in [1.165, 1.54) is 5.39 Å². The standard InChI is InChI=1S/C20H17NO/c1-21(18-11-3-2-4-12-18)20(22)15-14-17-10-7-9-16-8-5-6-13-19(16)17/h2-15H,1H3/b15-14-. The minimum absolute atomic E-state index is 0.0425. The van der Waals surface area contributed by atoms with Crippen LogP contribution in [0.15, 0.2) is 78.9 Å². The van der Waals surface area contributed by atoms with Gasteiger partial charge in [0.05, 0.1) is 0 Å². The summed E-state index contributed by atoms with van der Waals surface area (Å²) in [5.74, 6) is -0.0425. The second-order valence-corrected chi connectivity index (χ2v) is 5.13. The van der Waals surface area contributed by atoms with E-state index in [2.05, 4.69) is 18.2 Å². The van der Waals surface area contributed by atoms with Crippen molar-refractivity contribution in [1.82, 2.24) is 0 Å². The number of amides is 1. The Bertz CT molecular complexity index is 816. The first-order valence-electron chi connectivity index (χ1n) is 7.24. The molecule has 0 radical (unpaired) electrons. The Morgan fingerprint density at radius 1 is 0.864 bits per heavy atom. The first-order chi connectivity index (χ1) is 10.8. The molecular formula is C20H17NO. The highest BCUT2D eigenvalue weighted by atomic mass is 16.2. The van der Waals surface area contributed by atoms with Crippen molar-refractivity contribution in [2.24, 2.45) is 0 Å². The Hall–Kier alpha value is -2.87. The van der Waals surface area contributed by atoms with E-state index in [1.807, 2.05) is 60.7 Å². The molecule has 0 atom stereocenters. The molecule has 0 bridgehead atoms. The van der Waals surface area contributed by atoms with E-state index < -0.39 is 0 Å². The van der Waals surface area contributed by atoms with E-state index in [-0.39, 0.29) is 5.91 Å². The van der Waals surface area contributed by atoms with E-state index in [4.69, 9.17) is 0 Å². The zero-order valence-electron chi connectivity index (χ0n) is 12.4. The van der Waals surface area contributed by atoms with Crippen LogP contribution in [0.2, 0.25) is 0 Å². The topological polar surface area (TPSA) is 20.3 Å². The van der Waals surface area contributed by atoms with Gasteiger partial charge in [-0.3, -0.25) is 4.79 Å². The molecule has 0 saturated carbocycles. The first-order valence-corrected chi connectivity index (χ1v) is 7.24. The number of hydrogen-bond acceptors (Lipinski definition) is 1. The summed E-state index contributed by atoms with van der Waals surface area (Å²) >= 11 is 0. The molecule has 0 fully saturated rings. The number of para-hydroxylation sites is 1. The van der Waals surface area contributed by atoms with Gasteiger partial charge in [0.2, 0.25) is 0 Å². The molecule has 1 amide bonds. The monoisotopic (exact) mass is 287 g/mol. The van der Waals surface area contributed by atoms with Crippen LogP contribution in [-0.4, -0.2) is 13.0 Å². The average molecular weight is 287 g/mol. The summed E-state index contributed by atoms with van der Waals surface area (Å²) in [5, 5.41) is 2.32. The lowest BCUT2D eigenvalue weighted by Crippen LogP contribution is -2.23. The van der Waals surface area contributed by atoms with Crippen LogP contribution in [0.3, 0.4) is 0 Å². The quantitative estimate of drug-likeness (QED) is 0.649. The molecule has 2 heteroatoms. The Balaban J connectivity index is 1.85. The predicted octanol–water partition coefficient (Wildman–Crippen LogP) is 4.52. The van der Waals surface area contributed by atoms with Gasteiger partial charge in [0.1, 0.15) is 0 Å². The van der Waals surface area contributed by atoms with Gasteiger partial charge in [-0.25, -0.2) is 0 Å². The fourth-order valence-corrected chi connectivity index (χ4v) is 2.45. The summed E-state index contributed by atoms with van der Waals surface area (Å²) in [6.07, 6.45) is 3.50. The molecule has 3 aromatic rings. The lowest BCUT2D eigenvalue weighted by Gasteiger charge is -2.14. The molecule has 3 rings (SSSR count). The number of anilines is 1. The normalized spacial score (nSPS) is 11.0. The fraction of sp³-hybridized carbons (Fsp3) is 0.0500. The molecule has 0 heterocycles. The maximum atomic E-state index is 12.3. The Labute approximate surface area is 130 Å². The third-order valence-corrected chi connectivity index (χ3v) is 3.70. The fourth-order valence-electron chi connectivity index (χ4n) is 2.45. The summed E-state index contributed by atoms with van der Waals surface area (Å²) in [7, 11) is 1.78. The predicted molar refractivity (Wildman–Crippen MR) is 92.8 cm³/mol. The van der Waals surface area contributed by atoms with Crippen molar-refractivity contribution in [3.8, 4) is 0 Å². The van der Waals surface area contributed by atoms with Gasteiger partial charge in [-0.2, -0.15) is 0 Å². The average Bonchev–Trinajstić information content (AvgIpc) is 2.59. The van der Waals surface area contributed by atoms with E-state index in [0.29, 0.717) is 0 Å². The lowest BCUT2D eigenvalue weighted by molar-refractivity contribution is -0.113. The summed E-state index contributed by atoms with van der Waals surface area (Å²) in [5.41, 5.74) is 1.93. The van der Waals surface area contributed by atoms with E-state index in [0.717, 1.165) is 16.6 Å². The van der Waals surface area contributed by atoms with Crippen LogP contribution in [0.5, 0.6) is 0 Å². The number of likely N-dealkylation sites (N-methyl/N-ethyl adjacent to an activating group) is 1. The minimum atomic E-state index is -0.0425. The van der Waals surface area contributed by atoms with E-state index >= 15 is 0 Å². The van der Waals surface area contributed by atoms with Crippen LogP contribution in [0.4, 0.5) is 5.69 Å². The number of fused-ring (bicyclic) bond motifs is 1. The van der Waals surface area contributed by atoms with Crippen molar-refractivity contribution in [3.63, 3.8) is 0 Å². The Morgan fingerprint density at radius 2 is 1.55 bits per heavy atom. The highest BCUT2D eigenvalue weighted by molar-refractivity contribution is 6.04. The van der Waals surface area contributed by atoms with Crippen molar-refractivity contribution in [2.75, 3.05) is 11.9 Å². The van der Waals surface area contributed by atoms with Crippen molar-refractivity contribution in [2.45, 2.75) is 0 Å². The zero-order chi connectivity index (χ0) is 15.4. The molecule has 0 spiro atoms. The van der Waals surface area contributed by atoms with Crippen molar-refractivity contribution >= 4 is 28.4 Å². The highest BCUT2D eigenvalue weighted by Crippen LogP contribution is 2.20. The number of benzene rings is 3. The molecule has 22 heavy (non-hydrogen) atoms. The molecule has 0 unspecified atom stereocenters. The van der Waals surface area contributed by atoms with Gasteiger partial charge < -0.3 is 4.90 Å². The third kappa shape index (κ3) is 2.91. The number of carbonyl (C=O) groups is 1. The van der Waals surface area contributed by atoms with Crippen molar-refractivity contribution in [3.05, 3.63) is 84.4 Å². The number of rotatable bonds is 3. The second kappa shape index (κ2) is 6.27. The molecule has 3 aromatic carbocycles. The van der Waals surface area contributed by atoms with Gasteiger partial charge in [0.15, 0.2) is 0 Å².